The van der Waals surface area contributed by atoms with E-state index in [0.29, 0.717) is 12.2 Å². The van der Waals surface area contributed by atoms with Crippen LogP contribution in [0.4, 0.5) is 0 Å². The van der Waals surface area contributed by atoms with E-state index in [0.717, 1.165) is 22.9 Å². The van der Waals surface area contributed by atoms with Gasteiger partial charge in [-0.1, -0.05) is 12.8 Å². The van der Waals surface area contributed by atoms with Gasteiger partial charge in [0, 0.05) is 5.56 Å². The Morgan fingerprint density at radius 1 is 1.35 bits per heavy atom. The van der Waals surface area contributed by atoms with E-state index >= 15 is 0 Å². The van der Waals surface area contributed by atoms with Crippen LogP contribution in [0.25, 0.3) is 0 Å². The average molecular weight is 339 g/mol. The van der Waals surface area contributed by atoms with Crippen molar-refractivity contribution in [3.63, 3.8) is 0 Å². The zero-order valence-corrected chi connectivity index (χ0v) is 13.0. The van der Waals surface area contributed by atoms with Crippen LogP contribution in [-0.4, -0.2) is 24.6 Å². The van der Waals surface area contributed by atoms with E-state index in [2.05, 4.69) is 15.9 Å². The van der Waals surface area contributed by atoms with Gasteiger partial charge in [0.2, 0.25) is 0 Å². The first-order valence-electron chi connectivity index (χ1n) is 7.26. The molecule has 0 N–H and O–H groups in total. The highest BCUT2D eigenvalue weighted by Crippen LogP contribution is 2.43. The highest BCUT2D eigenvalue weighted by atomic mass is 79.9. The maximum atomic E-state index is 10.7. The van der Waals surface area contributed by atoms with Crippen LogP contribution in [-0.2, 0) is 4.74 Å². The molecule has 1 aliphatic heterocycles. The minimum Gasteiger partial charge on any atom is -0.490 e. The molecule has 0 aromatic heterocycles. The molecule has 3 nitrogen and oxygen atoms in total. The third-order valence-electron chi connectivity index (χ3n) is 4.37. The average Bonchev–Trinajstić information content (AvgIpc) is 3.08. The smallest absolute Gasteiger partial charge is 0.150 e. The second-order valence-corrected chi connectivity index (χ2v) is 6.64. The highest BCUT2D eigenvalue weighted by molar-refractivity contribution is 9.10. The van der Waals surface area contributed by atoms with Crippen LogP contribution in [0.3, 0.4) is 0 Å². The summed E-state index contributed by atoms with van der Waals surface area (Å²) >= 11 is 3.43. The second-order valence-electron chi connectivity index (χ2n) is 5.79. The zero-order chi connectivity index (χ0) is 14.0. The maximum absolute atomic E-state index is 10.7. The molecule has 1 saturated carbocycles. The first-order valence-corrected chi connectivity index (χ1v) is 8.05. The molecule has 2 aliphatic rings. The fourth-order valence-corrected chi connectivity index (χ4v) is 3.80. The van der Waals surface area contributed by atoms with Crippen molar-refractivity contribution in [2.45, 2.75) is 50.2 Å². The lowest BCUT2D eigenvalue weighted by molar-refractivity contribution is -0.0509. The molecule has 1 spiro atoms. The number of benzene rings is 1. The number of aldehydes is 1. The first kappa shape index (κ1) is 14.1. The largest absolute Gasteiger partial charge is 0.490 e. The topological polar surface area (TPSA) is 35.5 Å². The van der Waals surface area contributed by atoms with Gasteiger partial charge >= 0.3 is 0 Å². The molecule has 0 bridgehead atoms. The normalized spacial score (nSPS) is 24.1. The van der Waals surface area contributed by atoms with Gasteiger partial charge in [-0.05, 0) is 59.8 Å². The van der Waals surface area contributed by atoms with E-state index in [9.17, 15) is 4.79 Å². The van der Waals surface area contributed by atoms with Crippen molar-refractivity contribution >= 4 is 22.2 Å². The van der Waals surface area contributed by atoms with E-state index in [1.54, 1.807) is 12.1 Å². The van der Waals surface area contributed by atoms with E-state index in [4.69, 9.17) is 9.47 Å². The summed E-state index contributed by atoms with van der Waals surface area (Å²) < 4.78 is 12.9. The first-order chi connectivity index (χ1) is 9.71. The standard InChI is InChI=1S/C16H19BrO3/c17-14-9-12(10-18)3-4-15(14)19-11-13-5-8-16(20-13)6-1-2-7-16/h3-4,9-10,13H,1-2,5-8,11H2. The lowest BCUT2D eigenvalue weighted by Gasteiger charge is -2.23. The number of hydrogen-bond acceptors (Lipinski definition) is 3. The summed E-state index contributed by atoms with van der Waals surface area (Å²) in [6, 6.07) is 5.37. The van der Waals surface area contributed by atoms with Crippen LogP contribution in [0.5, 0.6) is 5.75 Å². The SMILES string of the molecule is O=Cc1ccc(OCC2CCC3(CCCC3)O2)c(Br)c1. The number of carbonyl (C=O) groups excluding carboxylic acids is 1. The van der Waals surface area contributed by atoms with Crippen LogP contribution >= 0.6 is 15.9 Å². The number of halogens is 1. The van der Waals surface area contributed by atoms with Crippen LogP contribution < -0.4 is 4.74 Å². The number of ether oxygens (including phenoxy) is 2. The van der Waals surface area contributed by atoms with Crippen LogP contribution in [0.15, 0.2) is 22.7 Å². The summed E-state index contributed by atoms with van der Waals surface area (Å²) in [5.74, 6) is 0.770. The van der Waals surface area contributed by atoms with Crippen molar-refractivity contribution in [3.05, 3.63) is 28.2 Å². The van der Waals surface area contributed by atoms with Crippen molar-refractivity contribution < 1.29 is 14.3 Å². The summed E-state index contributed by atoms with van der Waals surface area (Å²) in [7, 11) is 0. The van der Waals surface area contributed by atoms with E-state index in [-0.39, 0.29) is 11.7 Å². The molecular weight excluding hydrogens is 320 g/mol. The minimum absolute atomic E-state index is 0.159. The van der Waals surface area contributed by atoms with Crippen molar-refractivity contribution in [1.29, 1.82) is 0 Å². The molecule has 2 fully saturated rings. The van der Waals surface area contributed by atoms with E-state index in [1.165, 1.54) is 32.1 Å². The Labute approximate surface area is 127 Å². The van der Waals surface area contributed by atoms with E-state index < -0.39 is 0 Å². The quantitative estimate of drug-likeness (QED) is 0.774. The summed E-state index contributed by atoms with van der Waals surface area (Å²) in [5.41, 5.74) is 0.804. The van der Waals surface area contributed by atoms with Gasteiger partial charge in [0.1, 0.15) is 18.6 Å². The highest BCUT2D eigenvalue weighted by Gasteiger charge is 2.42. The maximum Gasteiger partial charge on any atom is 0.150 e. The zero-order valence-electron chi connectivity index (χ0n) is 11.4. The van der Waals surface area contributed by atoms with Crippen LogP contribution in [0, 0.1) is 0 Å². The van der Waals surface area contributed by atoms with Gasteiger partial charge in [0.25, 0.3) is 0 Å². The number of rotatable bonds is 4. The molecule has 1 aromatic rings. The lowest BCUT2D eigenvalue weighted by Crippen LogP contribution is -2.27. The molecule has 1 aromatic carbocycles. The fraction of sp³-hybridized carbons (Fsp3) is 0.562. The van der Waals surface area contributed by atoms with Gasteiger partial charge in [0.15, 0.2) is 0 Å². The van der Waals surface area contributed by atoms with Crippen molar-refractivity contribution in [3.8, 4) is 5.75 Å². The summed E-state index contributed by atoms with van der Waals surface area (Å²) in [6.45, 7) is 0.584. The van der Waals surface area contributed by atoms with E-state index in [1.807, 2.05) is 6.07 Å². The summed E-state index contributed by atoms with van der Waals surface area (Å²) in [4.78, 5) is 10.7. The Morgan fingerprint density at radius 2 is 2.15 bits per heavy atom. The number of hydrogen-bond donors (Lipinski definition) is 0. The minimum atomic E-state index is 0.159. The summed E-state index contributed by atoms with van der Waals surface area (Å²) in [6.07, 6.45) is 8.31. The van der Waals surface area contributed by atoms with Gasteiger partial charge < -0.3 is 9.47 Å². The fourth-order valence-electron chi connectivity index (χ4n) is 3.29. The van der Waals surface area contributed by atoms with Crippen LogP contribution in [0.1, 0.15) is 48.9 Å². The van der Waals surface area contributed by atoms with Crippen molar-refractivity contribution in [1.82, 2.24) is 0 Å². The Kier molecular flexibility index (Phi) is 4.13. The van der Waals surface area contributed by atoms with Gasteiger partial charge in [-0.2, -0.15) is 0 Å². The molecule has 4 heteroatoms. The number of carbonyl (C=O) groups is 1. The Hall–Kier alpha value is -0.870. The Balaban J connectivity index is 1.56. The molecule has 0 radical (unpaired) electrons. The monoisotopic (exact) mass is 338 g/mol. The van der Waals surface area contributed by atoms with Crippen LogP contribution in [0.2, 0.25) is 0 Å². The van der Waals surface area contributed by atoms with Gasteiger partial charge in [0.05, 0.1) is 16.2 Å². The third-order valence-corrected chi connectivity index (χ3v) is 4.99. The van der Waals surface area contributed by atoms with Crippen molar-refractivity contribution in [2.75, 3.05) is 6.61 Å². The predicted molar refractivity (Wildman–Crippen MR) is 80.3 cm³/mol. The molecule has 1 aliphatic carbocycles. The van der Waals surface area contributed by atoms with Gasteiger partial charge in [-0.25, -0.2) is 0 Å². The molecule has 1 heterocycles. The molecular formula is C16H19BrO3. The summed E-state index contributed by atoms with van der Waals surface area (Å²) in [5, 5.41) is 0. The molecule has 20 heavy (non-hydrogen) atoms. The molecule has 108 valence electrons. The molecule has 1 unspecified atom stereocenters. The molecule has 3 rings (SSSR count). The Morgan fingerprint density at radius 3 is 2.85 bits per heavy atom. The lowest BCUT2D eigenvalue weighted by atomic mass is 9.98. The molecule has 0 amide bonds. The molecule has 1 saturated heterocycles. The predicted octanol–water partition coefficient (Wildman–Crippen LogP) is 4.13. The molecule has 1 atom stereocenters. The van der Waals surface area contributed by atoms with Crippen molar-refractivity contribution in [2.24, 2.45) is 0 Å². The third kappa shape index (κ3) is 2.91. The Bertz CT molecular complexity index is 494. The second kappa shape index (κ2) is 5.86. The van der Waals surface area contributed by atoms with Gasteiger partial charge in [-0.15, -0.1) is 0 Å². The van der Waals surface area contributed by atoms with Gasteiger partial charge in [-0.3, -0.25) is 4.79 Å².